The number of anilines is 1. The van der Waals surface area contributed by atoms with Crippen molar-refractivity contribution in [2.45, 2.75) is 11.3 Å². The zero-order chi connectivity index (χ0) is 15.5. The summed E-state index contributed by atoms with van der Waals surface area (Å²) in [7, 11) is -1.83. The van der Waals surface area contributed by atoms with Crippen molar-refractivity contribution in [2.75, 3.05) is 32.1 Å². The van der Waals surface area contributed by atoms with Crippen molar-refractivity contribution in [2.24, 2.45) is 0 Å². The van der Waals surface area contributed by atoms with Gasteiger partial charge < -0.3 is 15.4 Å². The van der Waals surface area contributed by atoms with Crippen molar-refractivity contribution < 1.29 is 17.9 Å². The Balaban J connectivity index is 2.21. The fraction of sp³-hybridized carbons (Fsp3) is 0.417. The van der Waals surface area contributed by atoms with Gasteiger partial charge in [-0.3, -0.25) is 4.79 Å². The van der Waals surface area contributed by atoms with Gasteiger partial charge in [-0.1, -0.05) is 0 Å². The first-order chi connectivity index (χ1) is 9.94. The highest BCUT2D eigenvalue weighted by molar-refractivity contribution is 9.10. The SMILES string of the molecule is CNCCCNS(=O)(=O)c1cc2c(cc1Br)NC(=O)CO2. The van der Waals surface area contributed by atoms with E-state index in [4.69, 9.17) is 4.74 Å². The summed E-state index contributed by atoms with van der Waals surface area (Å²) in [6, 6.07) is 2.92. The van der Waals surface area contributed by atoms with E-state index in [9.17, 15) is 13.2 Å². The highest BCUT2D eigenvalue weighted by atomic mass is 79.9. The molecule has 1 aliphatic rings. The van der Waals surface area contributed by atoms with Crippen LogP contribution >= 0.6 is 15.9 Å². The van der Waals surface area contributed by atoms with E-state index in [0.717, 1.165) is 6.54 Å². The molecule has 0 aliphatic carbocycles. The van der Waals surface area contributed by atoms with Crippen LogP contribution in [0.4, 0.5) is 5.69 Å². The second-order valence-electron chi connectivity index (χ2n) is 4.47. The van der Waals surface area contributed by atoms with Crippen LogP contribution in [-0.2, 0) is 14.8 Å². The minimum absolute atomic E-state index is 0.0851. The third-order valence-corrected chi connectivity index (χ3v) is 5.27. The van der Waals surface area contributed by atoms with Crippen LogP contribution in [0, 0.1) is 0 Å². The lowest BCUT2D eigenvalue weighted by molar-refractivity contribution is -0.118. The summed E-state index contributed by atoms with van der Waals surface area (Å²) in [4.78, 5) is 11.3. The molecule has 1 heterocycles. The number of hydrogen-bond donors (Lipinski definition) is 3. The van der Waals surface area contributed by atoms with Gasteiger partial charge in [0.2, 0.25) is 10.0 Å². The molecule has 0 atom stereocenters. The minimum Gasteiger partial charge on any atom is -0.482 e. The van der Waals surface area contributed by atoms with Crippen LogP contribution in [0.25, 0.3) is 0 Å². The molecule has 7 nitrogen and oxygen atoms in total. The van der Waals surface area contributed by atoms with Gasteiger partial charge in [0.15, 0.2) is 6.61 Å². The molecule has 0 unspecified atom stereocenters. The first-order valence-electron chi connectivity index (χ1n) is 6.34. The number of sulfonamides is 1. The van der Waals surface area contributed by atoms with Crippen molar-refractivity contribution in [3.63, 3.8) is 0 Å². The number of benzene rings is 1. The average molecular weight is 378 g/mol. The molecule has 1 amide bonds. The van der Waals surface area contributed by atoms with Crippen molar-refractivity contribution in [1.82, 2.24) is 10.0 Å². The van der Waals surface area contributed by atoms with Gasteiger partial charge in [-0.25, -0.2) is 13.1 Å². The molecule has 1 aromatic carbocycles. The van der Waals surface area contributed by atoms with E-state index in [1.165, 1.54) is 12.1 Å². The highest BCUT2D eigenvalue weighted by Crippen LogP contribution is 2.35. The van der Waals surface area contributed by atoms with Crippen molar-refractivity contribution in [3.8, 4) is 5.75 Å². The number of halogens is 1. The summed E-state index contributed by atoms with van der Waals surface area (Å²) in [5, 5.41) is 5.57. The molecule has 21 heavy (non-hydrogen) atoms. The molecule has 0 saturated heterocycles. The van der Waals surface area contributed by atoms with Gasteiger partial charge in [0.1, 0.15) is 5.75 Å². The summed E-state index contributed by atoms with van der Waals surface area (Å²) < 4.78 is 32.7. The van der Waals surface area contributed by atoms with E-state index < -0.39 is 10.0 Å². The third kappa shape index (κ3) is 3.94. The van der Waals surface area contributed by atoms with E-state index in [-0.39, 0.29) is 17.4 Å². The van der Waals surface area contributed by atoms with Crippen LogP contribution in [0.15, 0.2) is 21.5 Å². The molecule has 9 heteroatoms. The Morgan fingerprint density at radius 3 is 2.86 bits per heavy atom. The zero-order valence-electron chi connectivity index (χ0n) is 11.4. The van der Waals surface area contributed by atoms with Crippen LogP contribution in [0.5, 0.6) is 5.75 Å². The second kappa shape index (κ2) is 6.73. The number of fused-ring (bicyclic) bond motifs is 1. The van der Waals surface area contributed by atoms with Gasteiger partial charge in [0.25, 0.3) is 5.91 Å². The first-order valence-corrected chi connectivity index (χ1v) is 8.62. The molecule has 0 spiro atoms. The van der Waals surface area contributed by atoms with Crippen molar-refractivity contribution in [1.29, 1.82) is 0 Å². The van der Waals surface area contributed by atoms with Gasteiger partial charge in [0, 0.05) is 17.1 Å². The Labute approximate surface area is 131 Å². The second-order valence-corrected chi connectivity index (χ2v) is 7.06. The lowest BCUT2D eigenvalue weighted by atomic mass is 10.2. The minimum atomic E-state index is -3.64. The van der Waals surface area contributed by atoms with Crippen molar-refractivity contribution in [3.05, 3.63) is 16.6 Å². The molecule has 116 valence electrons. The van der Waals surface area contributed by atoms with Crippen LogP contribution in [0.3, 0.4) is 0 Å². The Hall–Kier alpha value is -1.16. The van der Waals surface area contributed by atoms with Crippen molar-refractivity contribution >= 4 is 37.5 Å². The average Bonchev–Trinajstić information content (AvgIpc) is 2.42. The Kier molecular flexibility index (Phi) is 5.20. The Morgan fingerprint density at radius 1 is 1.38 bits per heavy atom. The molecule has 0 bridgehead atoms. The smallest absolute Gasteiger partial charge is 0.262 e. The molecule has 0 aromatic heterocycles. The number of rotatable bonds is 6. The molecule has 1 aromatic rings. The monoisotopic (exact) mass is 377 g/mol. The number of carbonyl (C=O) groups is 1. The van der Waals surface area contributed by atoms with E-state index in [1.54, 1.807) is 7.05 Å². The molecule has 2 rings (SSSR count). The molecule has 0 radical (unpaired) electrons. The predicted octanol–water partition coefficient (Wildman–Crippen LogP) is 0.668. The Morgan fingerprint density at radius 2 is 2.14 bits per heavy atom. The standard InChI is InChI=1S/C12H16BrN3O4S/c1-14-3-2-4-15-21(18,19)11-6-10-9(5-8(11)13)16-12(17)7-20-10/h5-6,14-15H,2-4,7H2,1H3,(H,16,17). The van der Waals surface area contributed by atoms with E-state index in [1.807, 2.05) is 0 Å². The van der Waals surface area contributed by atoms with E-state index in [2.05, 4.69) is 31.3 Å². The maximum atomic E-state index is 12.3. The summed E-state index contributed by atoms with van der Waals surface area (Å²) in [5.41, 5.74) is 0.451. The summed E-state index contributed by atoms with van der Waals surface area (Å²) in [6.45, 7) is 0.941. The maximum absolute atomic E-state index is 12.3. The third-order valence-electron chi connectivity index (χ3n) is 2.85. The zero-order valence-corrected chi connectivity index (χ0v) is 13.8. The van der Waals surface area contributed by atoms with Gasteiger partial charge in [-0.05, 0) is 42.0 Å². The molecule has 0 saturated carbocycles. The lowest BCUT2D eigenvalue weighted by Crippen LogP contribution is -2.28. The van der Waals surface area contributed by atoms with Crippen LogP contribution < -0.4 is 20.1 Å². The maximum Gasteiger partial charge on any atom is 0.262 e. The number of nitrogens with one attached hydrogen (secondary N) is 3. The molecule has 0 fully saturated rings. The molecular weight excluding hydrogens is 362 g/mol. The van der Waals surface area contributed by atoms with Crippen LogP contribution in [0.1, 0.15) is 6.42 Å². The fourth-order valence-corrected chi connectivity index (χ4v) is 3.97. The molecule has 3 N–H and O–H groups in total. The highest BCUT2D eigenvalue weighted by Gasteiger charge is 2.23. The lowest BCUT2D eigenvalue weighted by Gasteiger charge is -2.19. The number of carbonyl (C=O) groups excluding carboxylic acids is 1. The summed E-state index contributed by atoms with van der Waals surface area (Å²) in [5.74, 6) is 0.0728. The van der Waals surface area contributed by atoms with Gasteiger partial charge >= 0.3 is 0 Å². The van der Waals surface area contributed by atoms with Crippen LogP contribution in [-0.4, -0.2) is 41.1 Å². The number of hydrogen-bond acceptors (Lipinski definition) is 5. The van der Waals surface area contributed by atoms with E-state index in [0.29, 0.717) is 28.9 Å². The molecular formula is C12H16BrN3O4S. The van der Waals surface area contributed by atoms with Gasteiger partial charge in [-0.15, -0.1) is 0 Å². The number of ether oxygens (including phenoxy) is 1. The predicted molar refractivity (Wildman–Crippen MR) is 82.0 cm³/mol. The normalized spacial score (nSPS) is 14.3. The van der Waals surface area contributed by atoms with Crippen LogP contribution in [0.2, 0.25) is 0 Å². The molecule has 1 aliphatic heterocycles. The topological polar surface area (TPSA) is 96.5 Å². The van der Waals surface area contributed by atoms with Gasteiger partial charge in [-0.2, -0.15) is 0 Å². The fourth-order valence-electron chi connectivity index (χ4n) is 1.84. The summed E-state index contributed by atoms with van der Waals surface area (Å²) in [6.07, 6.45) is 0.685. The van der Waals surface area contributed by atoms with E-state index >= 15 is 0 Å². The first kappa shape index (κ1) is 16.2. The quantitative estimate of drug-likeness (QED) is 0.633. The van der Waals surface area contributed by atoms with Gasteiger partial charge in [0.05, 0.1) is 10.6 Å². The number of amides is 1. The largest absolute Gasteiger partial charge is 0.482 e. The summed E-state index contributed by atoms with van der Waals surface area (Å²) >= 11 is 3.22. The Bertz CT molecular complexity index is 648.